The van der Waals surface area contributed by atoms with Crippen molar-refractivity contribution in [3.8, 4) is 5.75 Å². The smallest absolute Gasteiger partial charge is 0.254 e. The largest absolute Gasteiger partial charge is 0.487 e. The molecule has 0 spiro atoms. The van der Waals surface area contributed by atoms with Crippen LogP contribution in [-0.4, -0.2) is 45.5 Å². The predicted octanol–water partition coefficient (Wildman–Crippen LogP) is 3.47. The number of aryl methyl sites for hydroxylation is 1. The van der Waals surface area contributed by atoms with Crippen molar-refractivity contribution < 1.29 is 14.3 Å². The topological polar surface area (TPSA) is 56.1 Å². The van der Waals surface area contributed by atoms with E-state index in [0.29, 0.717) is 31.0 Å². The van der Waals surface area contributed by atoms with E-state index < -0.39 is 0 Å². The average Bonchev–Trinajstić information content (AvgIpc) is 3.10. The van der Waals surface area contributed by atoms with Gasteiger partial charge in [-0.3, -0.25) is 4.79 Å². The molecule has 1 aliphatic rings. The van der Waals surface area contributed by atoms with Crippen LogP contribution in [0.3, 0.4) is 0 Å². The van der Waals surface area contributed by atoms with Crippen LogP contribution in [0.15, 0.2) is 48.8 Å². The van der Waals surface area contributed by atoms with Gasteiger partial charge in [-0.1, -0.05) is 6.07 Å². The molecule has 6 nitrogen and oxygen atoms in total. The Morgan fingerprint density at radius 1 is 1.18 bits per heavy atom. The van der Waals surface area contributed by atoms with Gasteiger partial charge in [0, 0.05) is 31.0 Å². The van der Waals surface area contributed by atoms with Crippen molar-refractivity contribution in [1.29, 1.82) is 0 Å². The summed E-state index contributed by atoms with van der Waals surface area (Å²) < 4.78 is 13.6. The first kappa shape index (κ1) is 18.5. The van der Waals surface area contributed by atoms with Crippen molar-refractivity contribution in [1.82, 2.24) is 14.3 Å². The van der Waals surface area contributed by atoms with E-state index in [2.05, 4.69) is 4.98 Å². The van der Waals surface area contributed by atoms with Crippen molar-refractivity contribution in [3.63, 3.8) is 0 Å². The van der Waals surface area contributed by atoms with Gasteiger partial charge >= 0.3 is 0 Å². The lowest BCUT2D eigenvalue weighted by atomic mass is 10.1. The molecule has 2 aromatic heterocycles. The van der Waals surface area contributed by atoms with Gasteiger partial charge in [-0.2, -0.15) is 0 Å². The second-order valence-corrected chi connectivity index (χ2v) is 7.43. The first-order chi connectivity index (χ1) is 13.5. The third-order valence-corrected chi connectivity index (χ3v) is 4.92. The Bertz CT molecular complexity index is 970. The summed E-state index contributed by atoms with van der Waals surface area (Å²) in [6.07, 6.45) is 4.07. The van der Waals surface area contributed by atoms with E-state index in [1.165, 1.54) is 0 Å². The molecular weight excluding hydrogens is 354 g/mol. The fourth-order valence-corrected chi connectivity index (χ4v) is 3.65. The number of benzene rings is 1. The molecule has 0 bridgehead atoms. The predicted molar refractivity (Wildman–Crippen MR) is 107 cm³/mol. The average molecular weight is 379 g/mol. The standard InChI is InChI=1S/C22H25N3O3/c1-15-5-4-10-24-13-19(23-21(15)24)14-27-20-8-6-18(7-9-20)22(26)25-11-16(2)28-17(3)12-25/h4-10,13,16-17H,11-12,14H2,1-3H3/t16-,17+. The van der Waals surface area contributed by atoms with Crippen LogP contribution in [-0.2, 0) is 11.3 Å². The number of imidazole rings is 1. The monoisotopic (exact) mass is 379 g/mol. The summed E-state index contributed by atoms with van der Waals surface area (Å²) in [6.45, 7) is 7.65. The van der Waals surface area contributed by atoms with Crippen molar-refractivity contribution in [2.24, 2.45) is 0 Å². The molecule has 0 radical (unpaired) electrons. The fourth-order valence-electron chi connectivity index (χ4n) is 3.65. The Balaban J connectivity index is 1.40. The first-order valence-electron chi connectivity index (χ1n) is 9.60. The van der Waals surface area contributed by atoms with Crippen LogP contribution in [0.1, 0.15) is 35.5 Å². The molecule has 1 aliphatic heterocycles. The maximum absolute atomic E-state index is 12.7. The molecule has 0 unspecified atom stereocenters. The molecule has 4 rings (SSSR count). The summed E-state index contributed by atoms with van der Waals surface area (Å²) in [4.78, 5) is 19.2. The highest BCUT2D eigenvalue weighted by Gasteiger charge is 2.26. The molecule has 0 aliphatic carbocycles. The van der Waals surface area contributed by atoms with E-state index in [9.17, 15) is 4.79 Å². The van der Waals surface area contributed by atoms with Gasteiger partial charge in [0.15, 0.2) is 0 Å². The highest BCUT2D eigenvalue weighted by atomic mass is 16.5. The second-order valence-electron chi connectivity index (χ2n) is 7.43. The van der Waals surface area contributed by atoms with Crippen molar-refractivity contribution >= 4 is 11.6 Å². The van der Waals surface area contributed by atoms with E-state index >= 15 is 0 Å². The number of hydrogen-bond acceptors (Lipinski definition) is 4. The number of ether oxygens (including phenoxy) is 2. The summed E-state index contributed by atoms with van der Waals surface area (Å²) in [5, 5.41) is 0. The lowest BCUT2D eigenvalue weighted by Gasteiger charge is -2.35. The number of rotatable bonds is 4. The van der Waals surface area contributed by atoms with E-state index in [0.717, 1.165) is 16.9 Å². The van der Waals surface area contributed by atoms with Crippen LogP contribution in [0.2, 0.25) is 0 Å². The molecule has 1 aromatic carbocycles. The van der Waals surface area contributed by atoms with Gasteiger partial charge in [0.25, 0.3) is 5.91 Å². The van der Waals surface area contributed by atoms with Crippen molar-refractivity contribution in [2.75, 3.05) is 13.1 Å². The van der Waals surface area contributed by atoms with Crippen LogP contribution in [0, 0.1) is 6.92 Å². The molecule has 6 heteroatoms. The van der Waals surface area contributed by atoms with E-state index in [4.69, 9.17) is 9.47 Å². The maximum Gasteiger partial charge on any atom is 0.254 e. The summed E-state index contributed by atoms with van der Waals surface area (Å²) in [5.41, 5.74) is 3.60. The number of fused-ring (bicyclic) bond motifs is 1. The Kier molecular flexibility index (Phi) is 5.05. The van der Waals surface area contributed by atoms with Crippen LogP contribution in [0.25, 0.3) is 5.65 Å². The maximum atomic E-state index is 12.7. The van der Waals surface area contributed by atoms with Gasteiger partial charge < -0.3 is 18.8 Å². The Morgan fingerprint density at radius 3 is 2.57 bits per heavy atom. The van der Waals surface area contributed by atoms with Crippen LogP contribution in [0.5, 0.6) is 5.75 Å². The highest BCUT2D eigenvalue weighted by molar-refractivity contribution is 5.94. The number of pyridine rings is 1. The Morgan fingerprint density at radius 2 is 1.89 bits per heavy atom. The molecule has 3 heterocycles. The second kappa shape index (κ2) is 7.64. The lowest BCUT2D eigenvalue weighted by molar-refractivity contribution is -0.0586. The molecule has 0 N–H and O–H groups in total. The van der Waals surface area contributed by atoms with Crippen LogP contribution in [0.4, 0.5) is 0 Å². The minimum Gasteiger partial charge on any atom is -0.487 e. The number of hydrogen-bond donors (Lipinski definition) is 0. The van der Waals surface area contributed by atoms with Gasteiger partial charge in [-0.15, -0.1) is 0 Å². The van der Waals surface area contributed by atoms with Crippen molar-refractivity contribution in [3.05, 3.63) is 65.6 Å². The SMILES string of the molecule is Cc1cccn2cc(COc3ccc(C(=O)N4C[C@@H](C)O[C@@H](C)C4)cc3)nc12. The molecule has 0 saturated carbocycles. The number of amides is 1. The minimum atomic E-state index is 0.0318. The minimum absolute atomic E-state index is 0.0318. The molecule has 28 heavy (non-hydrogen) atoms. The van der Waals surface area contributed by atoms with Gasteiger partial charge in [0.05, 0.1) is 17.9 Å². The van der Waals surface area contributed by atoms with Gasteiger partial charge in [-0.05, 0) is 56.7 Å². The summed E-state index contributed by atoms with van der Waals surface area (Å²) in [5.74, 6) is 0.749. The first-order valence-corrected chi connectivity index (χ1v) is 9.60. The fraction of sp³-hybridized carbons (Fsp3) is 0.364. The molecule has 3 aromatic rings. The van der Waals surface area contributed by atoms with E-state index in [1.54, 1.807) is 0 Å². The zero-order valence-electron chi connectivity index (χ0n) is 16.5. The zero-order chi connectivity index (χ0) is 19.7. The highest BCUT2D eigenvalue weighted by Crippen LogP contribution is 2.18. The zero-order valence-corrected chi connectivity index (χ0v) is 16.5. The summed E-state index contributed by atoms with van der Waals surface area (Å²) in [6, 6.07) is 11.3. The van der Waals surface area contributed by atoms with Crippen LogP contribution < -0.4 is 4.74 Å². The molecular formula is C22H25N3O3. The van der Waals surface area contributed by atoms with Gasteiger partial charge in [0.1, 0.15) is 18.0 Å². The third kappa shape index (κ3) is 3.87. The Hall–Kier alpha value is -2.86. The number of aromatic nitrogens is 2. The van der Waals surface area contributed by atoms with Gasteiger partial charge in [-0.25, -0.2) is 4.98 Å². The number of carbonyl (C=O) groups excluding carboxylic acids is 1. The number of morpholine rings is 1. The van der Waals surface area contributed by atoms with Crippen LogP contribution >= 0.6 is 0 Å². The van der Waals surface area contributed by atoms with Gasteiger partial charge in [0.2, 0.25) is 0 Å². The number of carbonyl (C=O) groups is 1. The van der Waals surface area contributed by atoms with Crippen molar-refractivity contribution in [2.45, 2.75) is 39.6 Å². The summed E-state index contributed by atoms with van der Waals surface area (Å²) >= 11 is 0. The summed E-state index contributed by atoms with van der Waals surface area (Å²) in [7, 11) is 0. The normalized spacial score (nSPS) is 19.8. The molecule has 2 atom stereocenters. The molecule has 146 valence electrons. The molecule has 1 saturated heterocycles. The van der Waals surface area contributed by atoms with E-state index in [1.807, 2.05) is 78.9 Å². The molecule has 1 amide bonds. The quantitative estimate of drug-likeness (QED) is 0.697. The third-order valence-electron chi connectivity index (χ3n) is 4.92. The molecule has 1 fully saturated rings. The van der Waals surface area contributed by atoms with E-state index in [-0.39, 0.29) is 18.1 Å². The Labute approximate surface area is 164 Å². The number of nitrogens with zero attached hydrogens (tertiary/aromatic N) is 3. The lowest BCUT2D eigenvalue weighted by Crippen LogP contribution is -2.48.